The predicted molar refractivity (Wildman–Crippen MR) is 82.8 cm³/mol. The van der Waals surface area contributed by atoms with Crippen LogP contribution < -0.4 is 4.72 Å². The third-order valence-electron chi connectivity index (χ3n) is 4.26. The summed E-state index contributed by atoms with van der Waals surface area (Å²) in [5, 5.41) is 3.38. The van der Waals surface area contributed by atoms with Gasteiger partial charge >= 0.3 is 47.0 Å². The van der Waals surface area contributed by atoms with E-state index in [4.69, 9.17) is 0 Å². The number of hydroxylamine groups is 2. The summed E-state index contributed by atoms with van der Waals surface area (Å²) < 4.78 is 246. The average Bonchev–Trinajstić information content (AvgIpc) is 2.68. The minimum Gasteiger partial charge on any atom is -0.785 e. The van der Waals surface area contributed by atoms with Crippen molar-refractivity contribution in [3.8, 4) is 0 Å². The lowest BCUT2D eigenvalue weighted by molar-refractivity contribution is -0.458. The van der Waals surface area contributed by atoms with Crippen molar-refractivity contribution in [2.45, 2.75) is 60.3 Å². The molecule has 0 saturated carbocycles. The van der Waals surface area contributed by atoms with E-state index in [9.17, 15) is 88.3 Å². The molecule has 0 aromatic carbocycles. The molecule has 0 heterocycles. The topological polar surface area (TPSA) is 72.5 Å². The van der Waals surface area contributed by atoms with Crippen LogP contribution in [0.2, 0.25) is 0 Å². The van der Waals surface area contributed by atoms with Gasteiger partial charge in [-0.05, 0) is 19.5 Å². The normalized spacial score (nSPS) is 16.1. The van der Waals surface area contributed by atoms with Gasteiger partial charge in [0.15, 0.2) is 0 Å². The van der Waals surface area contributed by atoms with Crippen molar-refractivity contribution < 1.29 is 83.1 Å². The SMILES string of the molecule is CCN([O-])CCCNS(=O)(=O)C(F)(F)C(F)(F)C(F)(F)C(F)(F)C(F)(F)C(F)(F)C(F)(F)C(F)(F)F. The highest BCUT2D eigenvalue weighted by molar-refractivity contribution is 7.90. The van der Waals surface area contributed by atoms with Crippen LogP contribution in [0.25, 0.3) is 0 Å². The van der Waals surface area contributed by atoms with Gasteiger partial charge in [-0.2, -0.15) is 74.6 Å². The Bertz CT molecular complexity index is 872. The third kappa shape index (κ3) is 5.02. The van der Waals surface area contributed by atoms with E-state index < -0.39 is 76.5 Å². The first kappa shape index (κ1) is 34.6. The van der Waals surface area contributed by atoms with Crippen molar-refractivity contribution in [1.82, 2.24) is 9.79 Å². The number of sulfonamides is 1. The minimum absolute atomic E-state index is 0.106. The number of nitrogens with one attached hydrogen (secondary N) is 1. The fourth-order valence-electron chi connectivity index (χ4n) is 2.03. The number of hydrogen-bond acceptors (Lipinski definition) is 4. The Morgan fingerprint density at radius 3 is 1.31 bits per heavy atom. The van der Waals surface area contributed by atoms with Crippen molar-refractivity contribution >= 4 is 10.0 Å². The highest BCUT2D eigenvalue weighted by Crippen LogP contribution is 2.64. The van der Waals surface area contributed by atoms with E-state index in [0.29, 0.717) is 4.72 Å². The maximum absolute atomic E-state index is 13.7. The maximum atomic E-state index is 13.7. The van der Waals surface area contributed by atoms with Crippen molar-refractivity contribution in [2.75, 3.05) is 19.6 Å². The molecule has 0 unspecified atom stereocenters. The Morgan fingerprint density at radius 1 is 0.639 bits per heavy atom. The van der Waals surface area contributed by atoms with Gasteiger partial charge in [0.25, 0.3) is 10.0 Å². The summed E-state index contributed by atoms with van der Waals surface area (Å²) in [7, 11) is -7.33. The zero-order chi connectivity index (χ0) is 29.6. The molecule has 0 aliphatic carbocycles. The molecular weight excluding hydrogens is 587 g/mol. The molecule has 0 radical (unpaired) electrons. The maximum Gasteiger partial charge on any atom is 0.460 e. The molecule has 0 saturated heterocycles. The average molecular weight is 599 g/mol. The molecule has 0 fully saturated rings. The smallest absolute Gasteiger partial charge is 0.460 e. The largest absolute Gasteiger partial charge is 0.785 e. The lowest BCUT2D eigenvalue weighted by atomic mass is 9.91. The summed E-state index contributed by atoms with van der Waals surface area (Å²) in [6.45, 7) is -1.28. The molecule has 5 nitrogen and oxygen atoms in total. The lowest BCUT2D eigenvalue weighted by Crippen LogP contribution is -2.75. The zero-order valence-corrected chi connectivity index (χ0v) is 17.7. The summed E-state index contributed by atoms with van der Waals surface area (Å²) in [6.07, 6.45) is -8.72. The Labute approximate surface area is 189 Å². The van der Waals surface area contributed by atoms with Gasteiger partial charge in [-0.25, -0.2) is 13.1 Å². The molecule has 0 bridgehead atoms. The first-order valence-electron chi connectivity index (χ1n) is 8.58. The molecule has 1 N–H and O–H groups in total. The fourth-order valence-corrected chi connectivity index (χ4v) is 3.09. The van der Waals surface area contributed by atoms with Gasteiger partial charge in [-0.3, -0.25) is 0 Å². The molecule has 0 amide bonds. The quantitative estimate of drug-likeness (QED) is 0.182. The van der Waals surface area contributed by atoms with Gasteiger partial charge in [-0.1, -0.05) is 6.92 Å². The van der Waals surface area contributed by atoms with Crippen molar-refractivity contribution in [1.29, 1.82) is 0 Å². The Balaban J connectivity index is 6.50. The molecule has 0 spiro atoms. The van der Waals surface area contributed by atoms with Gasteiger partial charge in [0.1, 0.15) is 0 Å². The van der Waals surface area contributed by atoms with Crippen LogP contribution in [0.1, 0.15) is 13.3 Å². The molecule has 0 aromatic heterocycles. The van der Waals surface area contributed by atoms with Crippen LogP contribution in [0, 0.1) is 5.21 Å². The number of alkyl halides is 17. The Kier molecular flexibility index (Phi) is 9.38. The summed E-state index contributed by atoms with van der Waals surface area (Å²) >= 11 is 0. The summed E-state index contributed by atoms with van der Waals surface area (Å²) in [5.74, 6) is -51.8. The van der Waals surface area contributed by atoms with Crippen LogP contribution in [0.4, 0.5) is 74.6 Å². The first-order chi connectivity index (χ1) is 15.5. The van der Waals surface area contributed by atoms with E-state index in [0.717, 1.165) is 0 Å². The monoisotopic (exact) mass is 599 g/mol. The van der Waals surface area contributed by atoms with Gasteiger partial charge in [-0.15, -0.1) is 0 Å². The summed E-state index contributed by atoms with van der Waals surface area (Å²) in [5.41, 5.74) is 0. The van der Waals surface area contributed by atoms with Crippen LogP contribution in [-0.4, -0.2) is 80.1 Å². The molecule has 0 atom stereocenters. The molecular formula is C13H12F17N2O3S-. The third-order valence-corrected chi connectivity index (χ3v) is 5.78. The van der Waals surface area contributed by atoms with Gasteiger partial charge in [0.05, 0.1) is 0 Å². The summed E-state index contributed by atoms with van der Waals surface area (Å²) in [4.78, 5) is 0. The molecule has 23 heteroatoms. The van der Waals surface area contributed by atoms with Gasteiger partial charge in [0, 0.05) is 6.54 Å². The molecule has 218 valence electrons. The highest BCUT2D eigenvalue weighted by Gasteiger charge is 2.96. The predicted octanol–water partition coefficient (Wildman–Crippen LogP) is 5.08. The van der Waals surface area contributed by atoms with E-state index in [2.05, 4.69) is 0 Å². The van der Waals surface area contributed by atoms with Crippen molar-refractivity contribution in [3.05, 3.63) is 5.21 Å². The van der Waals surface area contributed by atoms with E-state index in [1.807, 2.05) is 0 Å². The number of hydrogen-bond donors (Lipinski definition) is 1. The van der Waals surface area contributed by atoms with E-state index in [1.165, 1.54) is 6.92 Å². The van der Waals surface area contributed by atoms with E-state index in [1.54, 1.807) is 0 Å². The molecule has 0 aromatic rings. The number of nitrogens with zero attached hydrogens (tertiary/aromatic N) is 1. The van der Waals surface area contributed by atoms with Crippen LogP contribution in [-0.2, 0) is 10.0 Å². The van der Waals surface area contributed by atoms with Crippen LogP contribution >= 0.6 is 0 Å². The second kappa shape index (κ2) is 9.75. The lowest BCUT2D eigenvalue weighted by Gasteiger charge is -2.42. The molecule has 0 aliphatic rings. The minimum atomic E-state index is -8.87. The van der Waals surface area contributed by atoms with Crippen molar-refractivity contribution in [2.24, 2.45) is 0 Å². The number of halogens is 17. The van der Waals surface area contributed by atoms with Crippen LogP contribution in [0.3, 0.4) is 0 Å². The second-order valence-corrected chi connectivity index (χ2v) is 8.54. The highest BCUT2D eigenvalue weighted by atomic mass is 32.2. The van der Waals surface area contributed by atoms with Gasteiger partial charge in [0.2, 0.25) is 0 Å². The van der Waals surface area contributed by atoms with E-state index >= 15 is 0 Å². The Hall–Kier alpha value is -1.36. The van der Waals surface area contributed by atoms with Crippen LogP contribution in [0.15, 0.2) is 0 Å². The number of rotatable bonds is 13. The zero-order valence-electron chi connectivity index (χ0n) is 16.8. The second-order valence-electron chi connectivity index (χ2n) is 6.73. The summed E-state index contributed by atoms with van der Waals surface area (Å²) in [6, 6.07) is 0. The van der Waals surface area contributed by atoms with Gasteiger partial charge < -0.3 is 10.3 Å². The standard InChI is InChI=1S/C13H12F17N2O3S/c1-2-32(33)5-3-4-31-36(34,35)13(29,30)11(24,25)9(20,21)7(16,17)6(14,15)8(18,19)10(22,23)12(26,27)28/h31H,2-5H2,1H3/q-1. The Morgan fingerprint density at radius 2 is 0.972 bits per heavy atom. The molecule has 0 aliphatic heterocycles. The fraction of sp³-hybridized carbons (Fsp3) is 1.00. The van der Waals surface area contributed by atoms with Crippen molar-refractivity contribution in [3.63, 3.8) is 0 Å². The molecule has 36 heavy (non-hydrogen) atoms. The van der Waals surface area contributed by atoms with Crippen LogP contribution in [0.5, 0.6) is 0 Å². The van der Waals surface area contributed by atoms with E-state index in [-0.39, 0.29) is 11.6 Å². The first-order valence-corrected chi connectivity index (χ1v) is 10.1. The molecule has 0 rings (SSSR count).